The topological polar surface area (TPSA) is 41.7 Å². The average molecular weight is 257 g/mol. The maximum absolute atomic E-state index is 5.98. The van der Waals surface area contributed by atoms with Crippen LogP contribution in [0.5, 0.6) is 0 Å². The number of nitrogens with two attached hydrogens (primary N) is 1. The van der Waals surface area contributed by atoms with Crippen molar-refractivity contribution < 1.29 is 4.74 Å². The number of rotatable bonds is 5. The molecule has 1 heterocycles. The van der Waals surface area contributed by atoms with Crippen LogP contribution in [0.2, 0.25) is 0 Å². The highest BCUT2D eigenvalue weighted by Gasteiger charge is 2.33. The zero-order valence-corrected chi connectivity index (χ0v) is 12.9. The van der Waals surface area contributed by atoms with Crippen LogP contribution in [0.25, 0.3) is 0 Å². The fourth-order valence-electron chi connectivity index (χ4n) is 2.76. The summed E-state index contributed by atoms with van der Waals surface area (Å²) in [4.78, 5) is 4.99. The number of hydrogen-bond acceptors (Lipinski definition) is 4. The van der Waals surface area contributed by atoms with Gasteiger partial charge >= 0.3 is 0 Å². The highest BCUT2D eigenvalue weighted by molar-refractivity contribution is 4.89. The summed E-state index contributed by atoms with van der Waals surface area (Å²) in [6, 6.07) is 1.60. The second-order valence-electron chi connectivity index (χ2n) is 6.37. The van der Waals surface area contributed by atoms with E-state index >= 15 is 0 Å². The molecule has 0 aromatic carbocycles. The van der Waals surface area contributed by atoms with Crippen molar-refractivity contribution in [3.05, 3.63) is 0 Å². The zero-order chi connectivity index (χ0) is 13.9. The highest BCUT2D eigenvalue weighted by Crippen LogP contribution is 2.22. The predicted octanol–water partition coefficient (Wildman–Crippen LogP) is 1.15. The number of likely N-dealkylation sites (N-methyl/N-ethyl adjacent to an activating group) is 1. The molecule has 3 atom stereocenters. The summed E-state index contributed by atoms with van der Waals surface area (Å²) in [7, 11) is 3.99. The molecule has 4 heteroatoms. The van der Waals surface area contributed by atoms with Gasteiger partial charge in [0.15, 0.2) is 0 Å². The maximum atomic E-state index is 5.98. The lowest BCUT2D eigenvalue weighted by Gasteiger charge is -2.46. The van der Waals surface area contributed by atoms with E-state index in [-0.39, 0.29) is 5.60 Å². The van der Waals surface area contributed by atoms with E-state index in [1.807, 2.05) is 0 Å². The van der Waals surface area contributed by atoms with Gasteiger partial charge in [0.1, 0.15) is 0 Å². The first-order valence-corrected chi connectivity index (χ1v) is 7.02. The predicted molar refractivity (Wildman–Crippen MR) is 76.8 cm³/mol. The first kappa shape index (κ1) is 15.9. The molecular weight excluding hydrogens is 226 g/mol. The molecule has 0 spiro atoms. The molecule has 0 aliphatic carbocycles. The minimum absolute atomic E-state index is 0.0974. The number of nitrogens with zero attached hydrogens (tertiary/aromatic N) is 2. The lowest BCUT2D eigenvalue weighted by molar-refractivity contribution is -0.0269. The summed E-state index contributed by atoms with van der Waals surface area (Å²) < 4.78 is 5.54. The van der Waals surface area contributed by atoms with E-state index in [1.54, 1.807) is 7.11 Å². The van der Waals surface area contributed by atoms with E-state index in [2.05, 4.69) is 44.5 Å². The highest BCUT2D eigenvalue weighted by atomic mass is 16.5. The third kappa shape index (κ3) is 3.92. The maximum Gasteiger partial charge on any atom is 0.0638 e. The van der Waals surface area contributed by atoms with Crippen LogP contribution in [0.15, 0.2) is 0 Å². The quantitative estimate of drug-likeness (QED) is 0.802. The molecule has 1 saturated heterocycles. The number of ether oxygens (including phenoxy) is 1. The minimum Gasteiger partial charge on any atom is -0.379 e. The van der Waals surface area contributed by atoms with Crippen LogP contribution in [-0.2, 0) is 4.74 Å². The normalized spacial score (nSPS) is 29.5. The van der Waals surface area contributed by atoms with Crippen LogP contribution in [0.1, 0.15) is 34.1 Å². The van der Waals surface area contributed by atoms with Crippen molar-refractivity contribution >= 4 is 0 Å². The molecule has 1 rings (SSSR count). The molecule has 18 heavy (non-hydrogen) atoms. The van der Waals surface area contributed by atoms with Gasteiger partial charge in [-0.2, -0.15) is 0 Å². The Hall–Kier alpha value is -0.160. The van der Waals surface area contributed by atoms with E-state index in [9.17, 15) is 0 Å². The van der Waals surface area contributed by atoms with Gasteiger partial charge in [-0.15, -0.1) is 0 Å². The summed E-state index contributed by atoms with van der Waals surface area (Å²) in [5, 5.41) is 0. The lowest BCUT2D eigenvalue weighted by Crippen LogP contribution is -2.59. The Morgan fingerprint density at radius 1 is 1.28 bits per heavy atom. The van der Waals surface area contributed by atoms with Gasteiger partial charge in [-0.3, -0.25) is 9.80 Å². The molecule has 2 N–H and O–H groups in total. The van der Waals surface area contributed by atoms with Gasteiger partial charge in [0, 0.05) is 44.9 Å². The Morgan fingerprint density at radius 2 is 1.78 bits per heavy atom. The number of methoxy groups -OCH3 is 1. The van der Waals surface area contributed by atoms with E-state index in [0.29, 0.717) is 24.7 Å². The Kier molecular flexibility index (Phi) is 5.59. The van der Waals surface area contributed by atoms with Crippen molar-refractivity contribution in [3.8, 4) is 0 Å². The molecule has 1 aliphatic rings. The molecule has 0 aromatic heterocycles. The Labute approximate surface area is 112 Å². The van der Waals surface area contributed by atoms with Crippen LogP contribution < -0.4 is 5.73 Å². The van der Waals surface area contributed by atoms with Crippen LogP contribution in [-0.4, -0.2) is 67.3 Å². The van der Waals surface area contributed by atoms with Gasteiger partial charge in [-0.1, -0.05) is 0 Å². The van der Waals surface area contributed by atoms with Crippen molar-refractivity contribution in [2.24, 2.45) is 5.73 Å². The second-order valence-corrected chi connectivity index (χ2v) is 6.37. The molecule has 0 aromatic rings. The fourth-order valence-corrected chi connectivity index (χ4v) is 2.76. The standard InChI is InChI=1S/C14H31N3O/c1-11-9-17(10-12(2)16(11)5)13(8-15)7-14(3,4)18-6/h11-13H,7-10,15H2,1-6H3. The van der Waals surface area contributed by atoms with Gasteiger partial charge < -0.3 is 10.5 Å². The number of hydrogen-bond donors (Lipinski definition) is 1. The van der Waals surface area contributed by atoms with E-state index in [1.165, 1.54) is 0 Å². The molecular formula is C14H31N3O. The molecule has 0 bridgehead atoms. The van der Waals surface area contributed by atoms with Gasteiger partial charge in [-0.25, -0.2) is 0 Å². The summed E-state index contributed by atoms with van der Waals surface area (Å²) in [6.07, 6.45) is 0.989. The fraction of sp³-hybridized carbons (Fsp3) is 1.00. The Bertz CT molecular complexity index is 245. The summed E-state index contributed by atoms with van der Waals surface area (Å²) >= 11 is 0. The zero-order valence-electron chi connectivity index (χ0n) is 12.9. The first-order chi connectivity index (χ1) is 8.30. The van der Waals surface area contributed by atoms with Gasteiger partial charge in [0.25, 0.3) is 0 Å². The molecule has 1 fully saturated rings. The van der Waals surface area contributed by atoms with E-state index < -0.39 is 0 Å². The number of piperazine rings is 1. The third-order valence-electron chi connectivity index (χ3n) is 4.46. The van der Waals surface area contributed by atoms with Crippen molar-refractivity contribution in [2.75, 3.05) is 33.8 Å². The first-order valence-electron chi connectivity index (χ1n) is 7.02. The molecule has 0 amide bonds. The third-order valence-corrected chi connectivity index (χ3v) is 4.46. The van der Waals surface area contributed by atoms with Crippen LogP contribution in [0.3, 0.4) is 0 Å². The largest absolute Gasteiger partial charge is 0.379 e. The SMILES string of the molecule is COC(C)(C)CC(CN)N1CC(C)N(C)C(C)C1. The van der Waals surface area contributed by atoms with Gasteiger partial charge in [-0.05, 0) is 41.2 Å². The van der Waals surface area contributed by atoms with Crippen molar-refractivity contribution in [1.82, 2.24) is 9.80 Å². The average Bonchev–Trinajstić information content (AvgIpc) is 2.32. The van der Waals surface area contributed by atoms with Crippen molar-refractivity contribution in [1.29, 1.82) is 0 Å². The Balaban J connectivity index is 2.66. The monoisotopic (exact) mass is 257 g/mol. The smallest absolute Gasteiger partial charge is 0.0638 e. The summed E-state index contributed by atoms with van der Waals surface area (Å²) in [6.45, 7) is 11.8. The summed E-state index contributed by atoms with van der Waals surface area (Å²) in [5.41, 5.74) is 5.88. The Morgan fingerprint density at radius 3 is 2.17 bits per heavy atom. The molecule has 108 valence electrons. The molecule has 0 saturated carbocycles. The minimum atomic E-state index is -0.0974. The lowest BCUT2D eigenvalue weighted by atomic mass is 9.95. The van der Waals surface area contributed by atoms with E-state index in [4.69, 9.17) is 10.5 Å². The molecule has 0 radical (unpaired) electrons. The molecule has 1 aliphatic heterocycles. The summed E-state index contributed by atoms with van der Waals surface area (Å²) in [5.74, 6) is 0. The van der Waals surface area contributed by atoms with Crippen LogP contribution in [0.4, 0.5) is 0 Å². The van der Waals surface area contributed by atoms with Gasteiger partial charge in [0.2, 0.25) is 0 Å². The van der Waals surface area contributed by atoms with E-state index in [0.717, 1.165) is 19.5 Å². The van der Waals surface area contributed by atoms with Crippen molar-refractivity contribution in [3.63, 3.8) is 0 Å². The van der Waals surface area contributed by atoms with Gasteiger partial charge in [0.05, 0.1) is 5.60 Å². The van der Waals surface area contributed by atoms with Crippen LogP contribution in [0, 0.1) is 0 Å². The second kappa shape index (κ2) is 6.33. The van der Waals surface area contributed by atoms with Crippen LogP contribution >= 0.6 is 0 Å². The van der Waals surface area contributed by atoms with Crippen molar-refractivity contribution in [2.45, 2.75) is 57.8 Å². The molecule has 4 nitrogen and oxygen atoms in total. The molecule has 3 unspecified atom stereocenters.